The fraction of sp³-hybridized carbons (Fsp3) is 0.364. The lowest BCUT2D eigenvalue weighted by atomic mass is 9.75. The number of allylic oxidation sites excluding steroid dienone is 2. The SMILES string of the molecule is CC1=C(C(=O)C[C@H](C)C(=O)N[C@@H](Cc2c[nH]c3ccccc23)C(=O)C[C@@H](Cc2ccccc2)C(=O)[C@@]2(C)CO2)Cc2ccccc21.C[C@]1(C(=O)[C@H](Cc2ccccc2)NC(=O)[C@H](CO)NC(=O)c2cccc(=O)[nH]2)CO1.O=C(N[C@@H](Cc1coc2ccccc12)B(O)O)[C@@H]1C[C@H]2CC[C@@H]1O2. The minimum Gasteiger partial charge on any atom is -0.464 e. The highest BCUT2D eigenvalue weighted by molar-refractivity contribution is 6.43. The molecule has 520 valence electrons. The standard InChI is InChI=1S/C39H40N2O5.C21H23N3O6.C17H20BNO5/c1-24(17-35(42)32-19-27-13-7-8-14-30(27)25(32)2)38(45)41-34(20-29-22-40-33-16-10-9-15-31(29)33)36(43)21-28(37(44)39(3)23-46-39)18-26-11-5-4-6-12-26;1-21(12-30-21)18(27)15(10-13-6-3-2-4-7-13)23-20(29)16(11-25)24-19(28)14-8-5-9-17(26)22-14;20-17(13-8-11-5-6-15(13)24-11)19-16(18(21)22)7-10-9-23-14-4-2-1-3-12(10)14/h4-16,22,24,28,34,40H,17-21,23H2,1-3H3,(H,41,45);2-9,15-16,25H,10-12H2,1H3,(H,22,26)(H,23,29)(H,24,28);1-4,9,11,13,15-16,21-22H,5-8H2,(H,19,20)/t24-,28+,34-,39+;15-,16-,21+;11-,13-,15+,16+/m001/s1. The number of benzene rings is 5. The number of aromatic amines is 2. The number of aliphatic hydroxyl groups excluding tert-OH is 1. The number of carbonyl (C=O) groups is 8. The van der Waals surface area contributed by atoms with Crippen LogP contribution in [-0.4, -0.2) is 146 Å². The van der Waals surface area contributed by atoms with Crippen molar-refractivity contribution in [2.75, 3.05) is 19.8 Å². The van der Waals surface area contributed by atoms with E-state index in [2.05, 4.69) is 31.2 Å². The van der Waals surface area contributed by atoms with Gasteiger partial charge in [0.2, 0.25) is 23.3 Å². The molecule has 5 aliphatic rings. The minimum absolute atomic E-state index is 0.0266. The molecule has 7 heterocycles. The zero-order chi connectivity index (χ0) is 70.8. The van der Waals surface area contributed by atoms with Crippen LogP contribution in [0.1, 0.15) is 104 Å². The topological polar surface area (TPSA) is 341 Å². The van der Waals surface area contributed by atoms with E-state index < -0.39 is 78.2 Å². The normalized spacial score (nSPS) is 20.9. The Morgan fingerprint density at radius 1 is 0.650 bits per heavy atom. The van der Waals surface area contributed by atoms with Gasteiger partial charge in [-0.2, -0.15) is 0 Å². The molecular formula is C77H83BN6O16. The molecule has 0 spiro atoms. The third-order valence-electron chi connectivity index (χ3n) is 19.5. The van der Waals surface area contributed by atoms with Crippen LogP contribution in [-0.2, 0) is 79.9 Å². The number of amides is 4. The Labute approximate surface area is 578 Å². The van der Waals surface area contributed by atoms with Gasteiger partial charge in [-0.15, -0.1) is 0 Å². The Morgan fingerprint density at radius 3 is 1.94 bits per heavy atom. The molecule has 8 aromatic rings. The predicted octanol–water partition coefficient (Wildman–Crippen LogP) is 6.59. The molecule has 4 fully saturated rings. The largest absolute Gasteiger partial charge is 0.475 e. The van der Waals surface area contributed by atoms with Crippen molar-refractivity contribution < 1.29 is 72.1 Å². The van der Waals surface area contributed by atoms with Crippen molar-refractivity contribution in [3.63, 3.8) is 0 Å². The summed E-state index contributed by atoms with van der Waals surface area (Å²) in [6, 6.07) is 43.1. The zero-order valence-corrected chi connectivity index (χ0v) is 56.2. The molecule has 2 bridgehead atoms. The maximum Gasteiger partial charge on any atom is 0.475 e. The van der Waals surface area contributed by atoms with Crippen LogP contribution in [0.3, 0.4) is 0 Å². The molecule has 13 rings (SSSR count). The van der Waals surface area contributed by atoms with Crippen molar-refractivity contribution >= 4 is 81.3 Å². The first-order valence-electron chi connectivity index (χ1n) is 33.9. The average molecular weight is 1360 g/mol. The van der Waals surface area contributed by atoms with Crippen LogP contribution in [0.5, 0.6) is 0 Å². The molecule has 5 aromatic carbocycles. The number of hydrogen-bond acceptors (Lipinski definition) is 16. The summed E-state index contributed by atoms with van der Waals surface area (Å²) in [4.78, 5) is 122. The molecule has 4 saturated heterocycles. The Hall–Kier alpha value is -9.75. The van der Waals surface area contributed by atoms with E-state index in [1.807, 2.05) is 147 Å². The Morgan fingerprint density at radius 2 is 1.29 bits per heavy atom. The van der Waals surface area contributed by atoms with Gasteiger partial charge in [-0.3, -0.25) is 43.2 Å². The summed E-state index contributed by atoms with van der Waals surface area (Å²) in [5.41, 5.74) is 6.76. The predicted molar refractivity (Wildman–Crippen MR) is 373 cm³/mol. The summed E-state index contributed by atoms with van der Waals surface area (Å²) in [5.74, 6) is -4.83. The van der Waals surface area contributed by atoms with Crippen molar-refractivity contribution in [3.05, 3.63) is 219 Å². The van der Waals surface area contributed by atoms with Gasteiger partial charge in [0.25, 0.3) is 5.91 Å². The van der Waals surface area contributed by atoms with Crippen LogP contribution in [0.2, 0.25) is 0 Å². The van der Waals surface area contributed by atoms with Crippen LogP contribution in [0.25, 0.3) is 27.4 Å². The Bertz CT molecular complexity index is 4400. The summed E-state index contributed by atoms with van der Waals surface area (Å²) < 4.78 is 21.9. The molecule has 0 unspecified atom stereocenters. The molecule has 11 atom stereocenters. The first-order valence-corrected chi connectivity index (χ1v) is 33.9. The number of ether oxygens (including phenoxy) is 3. The molecule has 23 heteroatoms. The molecule has 0 radical (unpaired) electrons. The van der Waals surface area contributed by atoms with Crippen molar-refractivity contribution in [3.8, 4) is 0 Å². The number of rotatable bonds is 28. The number of Topliss-reactive ketones (excluding diaryl/α,β-unsaturated/α-hetero) is 4. The highest BCUT2D eigenvalue weighted by Gasteiger charge is 2.52. The van der Waals surface area contributed by atoms with E-state index in [0.717, 1.165) is 85.7 Å². The number of epoxide rings is 2. The van der Waals surface area contributed by atoms with E-state index in [-0.39, 0.29) is 91.1 Å². The molecule has 9 N–H and O–H groups in total. The number of nitrogens with one attached hydrogen (secondary N) is 6. The number of pyridine rings is 1. The Kier molecular flexibility index (Phi) is 22.6. The van der Waals surface area contributed by atoms with Crippen LogP contribution in [0.4, 0.5) is 0 Å². The summed E-state index contributed by atoms with van der Waals surface area (Å²) in [5, 5.41) is 41.6. The maximum atomic E-state index is 14.1. The molecule has 4 aliphatic heterocycles. The quantitative estimate of drug-likeness (QED) is 0.0184. The first kappa shape index (κ1) is 71.5. The zero-order valence-electron chi connectivity index (χ0n) is 56.2. The van der Waals surface area contributed by atoms with E-state index in [1.54, 1.807) is 27.0 Å². The molecule has 4 amide bonds. The monoisotopic (exact) mass is 1360 g/mol. The number of hydrogen-bond donors (Lipinski definition) is 9. The van der Waals surface area contributed by atoms with Crippen LogP contribution in [0.15, 0.2) is 179 Å². The van der Waals surface area contributed by atoms with Gasteiger partial charge in [0.15, 0.2) is 23.1 Å². The maximum absolute atomic E-state index is 14.1. The van der Waals surface area contributed by atoms with Gasteiger partial charge in [0, 0.05) is 71.6 Å². The molecule has 22 nitrogen and oxygen atoms in total. The number of aliphatic hydroxyl groups is 1. The number of fused-ring (bicyclic) bond motifs is 5. The summed E-state index contributed by atoms with van der Waals surface area (Å²) in [7, 11) is -1.64. The molecule has 3 aromatic heterocycles. The van der Waals surface area contributed by atoms with E-state index in [1.165, 1.54) is 18.2 Å². The van der Waals surface area contributed by atoms with Crippen molar-refractivity contribution in [2.45, 2.75) is 139 Å². The number of ketones is 4. The number of furan rings is 1. The van der Waals surface area contributed by atoms with E-state index in [9.17, 15) is 58.3 Å². The van der Waals surface area contributed by atoms with Crippen molar-refractivity contribution in [1.82, 2.24) is 31.2 Å². The van der Waals surface area contributed by atoms with Crippen LogP contribution >= 0.6 is 0 Å². The highest BCUT2D eigenvalue weighted by atomic mass is 16.6. The number of carbonyl (C=O) groups excluding carboxylic acids is 8. The fourth-order valence-corrected chi connectivity index (χ4v) is 13.5. The van der Waals surface area contributed by atoms with Crippen LogP contribution in [0, 0.1) is 17.8 Å². The lowest BCUT2D eigenvalue weighted by Gasteiger charge is -2.23. The summed E-state index contributed by atoms with van der Waals surface area (Å²) in [6.45, 7) is 7.03. The summed E-state index contributed by atoms with van der Waals surface area (Å²) in [6.07, 6.45) is 8.04. The second-order valence-corrected chi connectivity index (χ2v) is 27.0. The number of aromatic nitrogens is 2. The minimum atomic E-state index is -1.64. The first-order chi connectivity index (χ1) is 48.1. The van der Waals surface area contributed by atoms with Gasteiger partial charge in [0.1, 0.15) is 28.5 Å². The van der Waals surface area contributed by atoms with E-state index in [4.69, 9.17) is 18.6 Å². The van der Waals surface area contributed by atoms with Crippen molar-refractivity contribution in [2.24, 2.45) is 17.8 Å². The average Bonchev–Trinajstić information content (AvgIpc) is 1.66. The van der Waals surface area contributed by atoms with Gasteiger partial charge >= 0.3 is 7.12 Å². The van der Waals surface area contributed by atoms with Gasteiger partial charge in [-0.25, -0.2) is 0 Å². The molecular weight excluding hydrogens is 1280 g/mol. The third-order valence-corrected chi connectivity index (χ3v) is 19.5. The van der Waals surface area contributed by atoms with Crippen LogP contribution < -0.4 is 26.8 Å². The highest BCUT2D eigenvalue weighted by Crippen LogP contribution is 2.40. The fourth-order valence-electron chi connectivity index (χ4n) is 13.5. The summed E-state index contributed by atoms with van der Waals surface area (Å²) >= 11 is 0. The van der Waals surface area contributed by atoms with Gasteiger partial charge in [-0.1, -0.05) is 134 Å². The smallest absolute Gasteiger partial charge is 0.464 e. The van der Waals surface area contributed by atoms with Gasteiger partial charge < -0.3 is 65.0 Å². The number of para-hydroxylation sites is 2. The number of H-pyrrole nitrogens is 2. The second kappa shape index (κ2) is 31.6. The van der Waals surface area contributed by atoms with E-state index >= 15 is 0 Å². The molecule has 1 aliphatic carbocycles. The molecule has 0 saturated carbocycles. The Balaban J connectivity index is 0.000000161. The lowest BCUT2D eigenvalue weighted by molar-refractivity contribution is -0.134. The van der Waals surface area contributed by atoms with Gasteiger partial charge in [0.05, 0.1) is 62.2 Å². The third kappa shape index (κ3) is 17.4. The van der Waals surface area contributed by atoms with Gasteiger partial charge in [-0.05, 0) is 116 Å². The second-order valence-electron chi connectivity index (χ2n) is 27.0. The lowest BCUT2D eigenvalue weighted by Crippen LogP contribution is -2.55. The molecule has 100 heavy (non-hydrogen) atoms. The van der Waals surface area contributed by atoms with E-state index in [0.29, 0.717) is 25.9 Å². The van der Waals surface area contributed by atoms with Crippen molar-refractivity contribution in [1.29, 1.82) is 0 Å².